The van der Waals surface area contributed by atoms with Gasteiger partial charge in [0, 0.05) is 13.2 Å². The molecular weight excluding hydrogens is 372 g/mol. The van der Waals surface area contributed by atoms with Crippen molar-refractivity contribution in [1.29, 1.82) is 0 Å². The van der Waals surface area contributed by atoms with Crippen molar-refractivity contribution in [1.82, 2.24) is 0 Å². The number of thiophene rings is 2. The first-order chi connectivity index (χ1) is 11.4. The first kappa shape index (κ1) is 16.7. The quantitative estimate of drug-likeness (QED) is 0.646. The first-order valence-corrected chi connectivity index (χ1v) is 9.81. The lowest BCUT2D eigenvalue weighted by molar-refractivity contribution is 0.0607. The number of allylic oxidation sites excluding steroid dienone is 1. The molecule has 0 spiro atoms. The summed E-state index contributed by atoms with van der Waals surface area (Å²) < 4.78 is 30.8. The number of carbonyl (C=O) groups is 2. The van der Waals surface area contributed by atoms with Gasteiger partial charge in [-0.15, -0.1) is 22.7 Å². The van der Waals surface area contributed by atoms with Crippen molar-refractivity contribution in [2.24, 2.45) is 0 Å². The van der Waals surface area contributed by atoms with E-state index in [-0.39, 0.29) is 4.91 Å². The molecule has 7 nitrogen and oxygen atoms in total. The number of nitrogens with zero attached hydrogens (tertiary/aromatic N) is 1. The average molecular weight is 384 g/mol. The lowest BCUT2D eigenvalue weighted by atomic mass is 10.2. The van der Waals surface area contributed by atoms with Gasteiger partial charge in [-0.05, 0) is 22.9 Å². The summed E-state index contributed by atoms with van der Waals surface area (Å²) in [6.07, 6.45) is 1.12. The van der Waals surface area contributed by atoms with Crippen LogP contribution < -0.4 is 9.62 Å². The van der Waals surface area contributed by atoms with Crippen LogP contribution in [-0.2, 0) is 14.8 Å². The van der Waals surface area contributed by atoms with Crippen LogP contribution in [-0.4, -0.2) is 34.3 Å². The maximum Gasteiger partial charge on any atom is 0.350 e. The van der Waals surface area contributed by atoms with Gasteiger partial charge in [-0.25, -0.2) is 13.2 Å². The van der Waals surface area contributed by atoms with E-state index in [1.165, 1.54) is 25.5 Å². The van der Waals surface area contributed by atoms with Gasteiger partial charge in [0.25, 0.3) is 10.0 Å². The van der Waals surface area contributed by atoms with Crippen LogP contribution in [0.3, 0.4) is 0 Å². The van der Waals surface area contributed by atoms with Crippen LogP contribution in [0, 0.1) is 0 Å². The van der Waals surface area contributed by atoms with Crippen molar-refractivity contribution in [3.05, 3.63) is 43.8 Å². The molecule has 1 aliphatic heterocycles. The number of sulfonamides is 1. The third-order valence-corrected chi connectivity index (χ3v) is 7.02. The van der Waals surface area contributed by atoms with Gasteiger partial charge in [0.15, 0.2) is 4.91 Å². The van der Waals surface area contributed by atoms with Crippen LogP contribution in [0.25, 0.3) is 0 Å². The minimum Gasteiger partial charge on any atom is -0.465 e. The van der Waals surface area contributed by atoms with Crippen LogP contribution in [0.15, 0.2) is 34.0 Å². The van der Waals surface area contributed by atoms with Crippen molar-refractivity contribution in [3.63, 3.8) is 0 Å². The number of ketones is 1. The lowest BCUT2D eigenvalue weighted by Crippen LogP contribution is -2.35. The van der Waals surface area contributed by atoms with Gasteiger partial charge in [0.1, 0.15) is 9.75 Å². The Bertz CT molecular complexity index is 955. The second-order valence-electron chi connectivity index (χ2n) is 4.74. The highest BCUT2D eigenvalue weighted by Gasteiger charge is 2.39. The molecule has 0 aromatic carbocycles. The fourth-order valence-corrected chi connectivity index (χ4v) is 5.21. The predicted molar refractivity (Wildman–Crippen MR) is 93.3 cm³/mol. The Hall–Kier alpha value is -2.17. The molecule has 1 aliphatic rings. The molecule has 0 saturated carbocycles. The van der Waals surface area contributed by atoms with Gasteiger partial charge in [0.05, 0.1) is 18.5 Å². The number of nitrogens with one attached hydrogen (secondary N) is 1. The zero-order valence-corrected chi connectivity index (χ0v) is 15.0. The molecule has 0 atom stereocenters. The second-order valence-corrected chi connectivity index (χ2v) is 8.51. The van der Waals surface area contributed by atoms with Crippen LogP contribution >= 0.6 is 22.7 Å². The molecule has 0 amide bonds. The van der Waals surface area contributed by atoms with E-state index in [1.807, 2.05) is 0 Å². The molecular formula is C14H12N2O5S3. The first-order valence-electron chi connectivity index (χ1n) is 6.61. The molecule has 24 heavy (non-hydrogen) atoms. The van der Waals surface area contributed by atoms with E-state index in [9.17, 15) is 18.0 Å². The number of hydrogen-bond acceptors (Lipinski definition) is 8. The molecule has 126 valence electrons. The summed E-state index contributed by atoms with van der Waals surface area (Å²) in [7, 11) is -1.30. The molecule has 3 heterocycles. The fraction of sp³-hybridized carbons (Fsp3) is 0.143. The minimum absolute atomic E-state index is 0.292. The molecule has 0 aliphatic carbocycles. The van der Waals surface area contributed by atoms with Crippen molar-refractivity contribution in [2.45, 2.75) is 0 Å². The van der Waals surface area contributed by atoms with Gasteiger partial charge in [-0.3, -0.25) is 9.10 Å². The van der Waals surface area contributed by atoms with Crippen LogP contribution in [0.4, 0.5) is 11.4 Å². The number of esters is 1. The van der Waals surface area contributed by atoms with E-state index in [4.69, 9.17) is 0 Å². The summed E-state index contributed by atoms with van der Waals surface area (Å²) >= 11 is 2.33. The highest BCUT2D eigenvalue weighted by Crippen LogP contribution is 2.37. The SMILES string of the molecule is COC(=O)c1sccc1NC=C1C(=O)c2sccc2N(C)S1(=O)=O. The molecule has 0 radical (unpaired) electrons. The average Bonchev–Trinajstić information content (AvgIpc) is 3.21. The number of hydrogen-bond donors (Lipinski definition) is 1. The van der Waals surface area contributed by atoms with E-state index in [0.29, 0.717) is 21.1 Å². The monoisotopic (exact) mass is 384 g/mol. The smallest absolute Gasteiger partial charge is 0.350 e. The maximum absolute atomic E-state index is 12.5. The third kappa shape index (κ3) is 2.52. The standard InChI is InChI=1S/C14H12N2O5S3/c1-16-9-4-6-23-13(9)11(17)10(24(16,19)20)7-15-8-3-5-22-12(8)14(18)21-2/h3-7,15H,1-2H3. The molecule has 0 fully saturated rings. The maximum atomic E-state index is 12.5. The van der Waals surface area contributed by atoms with Gasteiger partial charge in [-0.2, -0.15) is 0 Å². The fourth-order valence-electron chi connectivity index (χ4n) is 2.18. The number of carbonyl (C=O) groups excluding carboxylic acids is 2. The van der Waals surface area contributed by atoms with Gasteiger partial charge < -0.3 is 10.1 Å². The Morgan fingerprint density at radius 3 is 2.71 bits per heavy atom. The van der Waals surface area contributed by atoms with Crippen LogP contribution in [0.1, 0.15) is 19.3 Å². The van der Waals surface area contributed by atoms with Crippen molar-refractivity contribution < 1.29 is 22.7 Å². The number of fused-ring (bicyclic) bond motifs is 1. The van der Waals surface area contributed by atoms with E-state index in [1.54, 1.807) is 22.9 Å². The molecule has 2 aromatic heterocycles. The molecule has 3 rings (SSSR count). The van der Waals surface area contributed by atoms with Gasteiger partial charge in [0.2, 0.25) is 5.78 Å². The van der Waals surface area contributed by atoms with Crippen LogP contribution in [0.5, 0.6) is 0 Å². The van der Waals surface area contributed by atoms with E-state index in [0.717, 1.165) is 21.8 Å². The van der Waals surface area contributed by atoms with Gasteiger partial charge >= 0.3 is 5.97 Å². The van der Waals surface area contributed by atoms with Crippen LogP contribution in [0.2, 0.25) is 0 Å². The number of anilines is 2. The molecule has 2 aromatic rings. The minimum atomic E-state index is -3.95. The molecule has 1 N–H and O–H groups in total. The van der Waals surface area contributed by atoms with Crippen molar-refractivity contribution in [2.75, 3.05) is 23.8 Å². The summed E-state index contributed by atoms with van der Waals surface area (Å²) in [4.78, 5) is 24.4. The Morgan fingerprint density at radius 2 is 2.00 bits per heavy atom. The highest BCUT2D eigenvalue weighted by molar-refractivity contribution is 7.97. The molecule has 10 heteroatoms. The van der Waals surface area contributed by atoms with E-state index >= 15 is 0 Å². The zero-order chi connectivity index (χ0) is 17.5. The predicted octanol–water partition coefficient (Wildman–Crippen LogP) is 2.51. The summed E-state index contributed by atoms with van der Waals surface area (Å²) in [5, 5.41) is 6.06. The number of Topliss-reactive ketones (excluding diaryl/α,β-unsaturated/α-hetero) is 1. The summed E-state index contributed by atoms with van der Waals surface area (Å²) in [6, 6.07) is 3.20. The third-order valence-electron chi connectivity index (χ3n) is 3.45. The number of methoxy groups -OCH3 is 1. The molecule has 0 unspecified atom stereocenters. The van der Waals surface area contributed by atoms with E-state index < -0.39 is 21.8 Å². The highest BCUT2D eigenvalue weighted by atomic mass is 32.2. The Balaban J connectivity index is 2.00. The Kier molecular flexibility index (Phi) is 4.20. The number of rotatable bonds is 3. The largest absolute Gasteiger partial charge is 0.465 e. The zero-order valence-electron chi connectivity index (χ0n) is 12.6. The second kappa shape index (κ2) is 6.04. The van der Waals surface area contributed by atoms with Crippen molar-refractivity contribution >= 4 is 55.8 Å². The topological polar surface area (TPSA) is 92.8 Å². The molecule has 0 saturated heterocycles. The normalized spacial score (nSPS) is 17.7. The Morgan fingerprint density at radius 1 is 1.29 bits per heavy atom. The van der Waals surface area contributed by atoms with Gasteiger partial charge in [-0.1, -0.05) is 0 Å². The lowest BCUT2D eigenvalue weighted by Gasteiger charge is -2.25. The summed E-state index contributed by atoms with van der Waals surface area (Å²) in [5.41, 5.74) is 0.745. The number of ether oxygens (including phenoxy) is 1. The van der Waals surface area contributed by atoms with E-state index in [2.05, 4.69) is 10.1 Å². The Labute approximate surface area is 146 Å². The molecule has 0 bridgehead atoms. The van der Waals surface area contributed by atoms with Crippen molar-refractivity contribution in [3.8, 4) is 0 Å². The summed E-state index contributed by atoms with van der Waals surface area (Å²) in [6.45, 7) is 0. The summed E-state index contributed by atoms with van der Waals surface area (Å²) in [5.74, 6) is -1.11.